The van der Waals surface area contributed by atoms with E-state index in [9.17, 15) is 13.6 Å². The number of halogens is 3. The summed E-state index contributed by atoms with van der Waals surface area (Å²) in [5, 5.41) is 3.10. The van der Waals surface area contributed by atoms with Crippen LogP contribution >= 0.6 is 12.4 Å². The Morgan fingerprint density at radius 3 is 2.72 bits per heavy atom. The van der Waals surface area contributed by atoms with Crippen LogP contribution in [0.4, 0.5) is 8.78 Å². The van der Waals surface area contributed by atoms with Crippen LogP contribution in [0.2, 0.25) is 0 Å². The van der Waals surface area contributed by atoms with Crippen LogP contribution in [0.5, 0.6) is 0 Å². The number of carbonyl (C=O) groups is 1. The van der Waals surface area contributed by atoms with Crippen LogP contribution in [-0.4, -0.2) is 34.5 Å². The van der Waals surface area contributed by atoms with Crippen molar-refractivity contribution in [2.24, 2.45) is 17.6 Å². The van der Waals surface area contributed by atoms with Crippen LogP contribution in [0.1, 0.15) is 74.8 Å². The predicted octanol–water partition coefficient (Wildman–Crippen LogP) is 4.56. The Morgan fingerprint density at radius 1 is 1.28 bits per heavy atom. The van der Waals surface area contributed by atoms with E-state index in [1.165, 1.54) is 0 Å². The van der Waals surface area contributed by atoms with Crippen molar-refractivity contribution < 1.29 is 18.3 Å². The Labute approximate surface area is 192 Å². The van der Waals surface area contributed by atoms with Gasteiger partial charge >= 0.3 is 0 Å². The molecule has 5 rings (SSSR count). The van der Waals surface area contributed by atoms with Gasteiger partial charge in [-0.3, -0.25) is 4.79 Å². The topological polar surface area (TPSA) is 93.0 Å². The molecule has 6 nitrogen and oxygen atoms in total. The van der Waals surface area contributed by atoms with Crippen LogP contribution in [0, 0.1) is 11.8 Å². The van der Waals surface area contributed by atoms with Crippen molar-refractivity contribution in [1.29, 1.82) is 0 Å². The second-order valence-electron chi connectivity index (χ2n) is 9.55. The minimum atomic E-state index is -2.59. The van der Waals surface area contributed by atoms with E-state index < -0.39 is 5.92 Å². The molecule has 1 aliphatic heterocycles. The number of nitrogens with two attached hydrogens (primary N) is 1. The standard InChI is InChI=1S/C23H30F2N4O2.ClH/c24-23(25)11-13(12-23)9-19(30)29-21(14-4-5-14)15-6-7-16-17(10-15)28-22(27-16)20(26)18-3-1-2-8-31-18;/h6-7,10,13-14,18,20-21H,1-5,8-9,11-12,26H2,(H,27,28)(H,29,30);1H/t18?,20-,21+;/m0./s1. The molecule has 32 heavy (non-hydrogen) atoms. The fourth-order valence-electron chi connectivity index (χ4n) is 4.95. The quantitative estimate of drug-likeness (QED) is 0.555. The van der Waals surface area contributed by atoms with E-state index >= 15 is 0 Å². The number of aromatic nitrogens is 2. The highest BCUT2D eigenvalue weighted by molar-refractivity contribution is 5.85. The number of alkyl halides is 2. The van der Waals surface area contributed by atoms with Crippen LogP contribution in [-0.2, 0) is 9.53 Å². The van der Waals surface area contributed by atoms with Gasteiger partial charge in [-0.15, -0.1) is 12.4 Å². The van der Waals surface area contributed by atoms with Crippen molar-refractivity contribution in [3.8, 4) is 0 Å². The third-order valence-corrected chi connectivity index (χ3v) is 6.87. The maximum Gasteiger partial charge on any atom is 0.248 e. The number of H-pyrrole nitrogens is 1. The largest absolute Gasteiger partial charge is 0.376 e. The number of carbonyl (C=O) groups excluding carboxylic acids is 1. The molecule has 3 fully saturated rings. The van der Waals surface area contributed by atoms with E-state index in [0.29, 0.717) is 5.92 Å². The number of fused-ring (bicyclic) bond motifs is 1. The lowest BCUT2D eigenvalue weighted by molar-refractivity contribution is -0.134. The molecule has 0 bridgehead atoms. The van der Waals surface area contributed by atoms with Crippen LogP contribution in [0.25, 0.3) is 11.0 Å². The Balaban J connectivity index is 0.00000245. The van der Waals surface area contributed by atoms with Gasteiger partial charge in [0, 0.05) is 25.9 Å². The zero-order chi connectivity index (χ0) is 21.6. The van der Waals surface area contributed by atoms with E-state index in [1.54, 1.807) is 0 Å². The zero-order valence-corrected chi connectivity index (χ0v) is 18.8. The summed E-state index contributed by atoms with van der Waals surface area (Å²) < 4.78 is 32.0. The van der Waals surface area contributed by atoms with E-state index in [0.717, 1.165) is 61.1 Å². The maximum absolute atomic E-state index is 13.1. The molecule has 3 atom stereocenters. The molecule has 9 heteroatoms. The summed E-state index contributed by atoms with van der Waals surface area (Å²) in [4.78, 5) is 20.5. The average Bonchev–Trinajstić information content (AvgIpc) is 3.48. The van der Waals surface area contributed by atoms with Gasteiger partial charge in [0.1, 0.15) is 5.82 Å². The van der Waals surface area contributed by atoms with E-state index in [4.69, 9.17) is 10.5 Å². The molecule has 3 aliphatic rings. The molecule has 2 aliphatic carbocycles. The van der Waals surface area contributed by atoms with Gasteiger partial charge in [0.2, 0.25) is 11.8 Å². The van der Waals surface area contributed by atoms with Crippen molar-refractivity contribution in [2.45, 2.75) is 75.5 Å². The van der Waals surface area contributed by atoms with Crippen molar-refractivity contribution in [2.75, 3.05) is 6.61 Å². The first-order chi connectivity index (χ1) is 14.9. The number of ether oxygens (including phenoxy) is 1. The molecule has 2 aromatic rings. The van der Waals surface area contributed by atoms with Crippen molar-refractivity contribution in [1.82, 2.24) is 15.3 Å². The minimum Gasteiger partial charge on any atom is -0.376 e. The molecular weight excluding hydrogens is 438 g/mol. The summed E-state index contributed by atoms with van der Waals surface area (Å²) in [7, 11) is 0. The van der Waals surface area contributed by atoms with Gasteiger partial charge in [-0.05, 0) is 61.6 Å². The van der Waals surface area contributed by atoms with Crippen molar-refractivity contribution in [3.05, 3.63) is 29.6 Å². The number of benzene rings is 1. The van der Waals surface area contributed by atoms with E-state index in [-0.39, 0.29) is 61.7 Å². The molecule has 176 valence electrons. The summed E-state index contributed by atoms with van der Waals surface area (Å²) in [5.41, 5.74) is 9.15. The van der Waals surface area contributed by atoms with Crippen LogP contribution in [0.15, 0.2) is 18.2 Å². The lowest BCUT2D eigenvalue weighted by Gasteiger charge is -2.34. The van der Waals surface area contributed by atoms with Gasteiger partial charge in [-0.2, -0.15) is 0 Å². The van der Waals surface area contributed by atoms with Crippen molar-refractivity contribution in [3.63, 3.8) is 0 Å². The second-order valence-corrected chi connectivity index (χ2v) is 9.55. The van der Waals surface area contributed by atoms with Gasteiger partial charge in [0.05, 0.1) is 29.2 Å². The van der Waals surface area contributed by atoms with Gasteiger partial charge < -0.3 is 20.8 Å². The van der Waals surface area contributed by atoms with Gasteiger partial charge in [-0.1, -0.05) is 6.07 Å². The number of nitrogens with zero attached hydrogens (tertiary/aromatic N) is 1. The van der Waals surface area contributed by atoms with Crippen LogP contribution < -0.4 is 11.1 Å². The molecule has 1 amide bonds. The number of rotatable bonds is 7. The highest BCUT2D eigenvalue weighted by Gasteiger charge is 2.46. The Morgan fingerprint density at radius 2 is 2.06 bits per heavy atom. The summed E-state index contributed by atoms with van der Waals surface area (Å²) >= 11 is 0. The molecule has 1 aromatic carbocycles. The van der Waals surface area contributed by atoms with E-state index in [2.05, 4.69) is 15.3 Å². The molecule has 0 radical (unpaired) electrons. The lowest BCUT2D eigenvalue weighted by atomic mass is 9.79. The first kappa shape index (κ1) is 23.4. The summed E-state index contributed by atoms with van der Waals surface area (Å²) in [6.07, 6.45) is 5.04. The molecule has 1 unspecified atom stereocenters. The summed E-state index contributed by atoms with van der Waals surface area (Å²) in [5.74, 6) is -1.83. The maximum atomic E-state index is 13.1. The number of nitrogens with one attached hydrogen (secondary N) is 2. The highest BCUT2D eigenvalue weighted by Crippen LogP contribution is 2.45. The van der Waals surface area contributed by atoms with E-state index in [1.807, 2.05) is 18.2 Å². The fraction of sp³-hybridized carbons (Fsp3) is 0.652. The molecule has 1 saturated heterocycles. The Kier molecular flexibility index (Phi) is 6.75. The molecule has 4 N–H and O–H groups in total. The number of hydrogen-bond donors (Lipinski definition) is 3. The minimum absolute atomic E-state index is 0. The number of imidazole rings is 1. The van der Waals surface area contributed by atoms with Gasteiger partial charge in [-0.25, -0.2) is 13.8 Å². The SMILES string of the molecule is Cl.N[C@H](c1nc2ccc([C@H](NC(=O)CC3CC(F)(F)C3)C3CC3)cc2[nH]1)C1CCCCO1. The van der Waals surface area contributed by atoms with Crippen molar-refractivity contribution >= 4 is 29.3 Å². The summed E-state index contributed by atoms with van der Waals surface area (Å²) in [6, 6.07) is 5.58. The predicted molar refractivity (Wildman–Crippen MR) is 120 cm³/mol. The molecule has 2 heterocycles. The van der Waals surface area contributed by atoms with Gasteiger partial charge in [0.15, 0.2) is 0 Å². The monoisotopic (exact) mass is 468 g/mol. The Hall–Kier alpha value is -1.77. The normalized spacial score (nSPS) is 24.9. The average molecular weight is 469 g/mol. The first-order valence-electron chi connectivity index (χ1n) is 11.4. The number of aromatic amines is 1. The smallest absolute Gasteiger partial charge is 0.248 e. The fourth-order valence-corrected chi connectivity index (χ4v) is 4.95. The third-order valence-electron chi connectivity index (χ3n) is 6.87. The number of hydrogen-bond acceptors (Lipinski definition) is 4. The Bertz CT molecular complexity index is 951. The third kappa shape index (κ3) is 5.07. The second kappa shape index (κ2) is 9.23. The lowest BCUT2D eigenvalue weighted by Crippen LogP contribution is -2.39. The number of amides is 1. The highest BCUT2D eigenvalue weighted by atomic mass is 35.5. The molecular formula is C23H31ClF2N4O2. The molecule has 0 spiro atoms. The summed E-state index contributed by atoms with van der Waals surface area (Å²) in [6.45, 7) is 0.740. The first-order valence-corrected chi connectivity index (χ1v) is 11.4. The zero-order valence-electron chi connectivity index (χ0n) is 18.0. The molecule has 2 saturated carbocycles. The van der Waals surface area contributed by atoms with Gasteiger partial charge in [0.25, 0.3) is 0 Å². The van der Waals surface area contributed by atoms with Crippen LogP contribution in [0.3, 0.4) is 0 Å². The molecule has 1 aromatic heterocycles.